The number of hydrogen-bond donors (Lipinski definition) is 1. The molecule has 0 heterocycles. The quantitative estimate of drug-likeness (QED) is 0.463. The summed E-state index contributed by atoms with van der Waals surface area (Å²) in [5.74, 6) is 0. The third-order valence-corrected chi connectivity index (χ3v) is 4.04. The Hall–Kier alpha value is -1.27. The lowest BCUT2D eigenvalue weighted by Gasteiger charge is -2.09. The van der Waals surface area contributed by atoms with Gasteiger partial charge in [-0.25, -0.2) is 0 Å². The van der Waals surface area contributed by atoms with Crippen LogP contribution in [0.4, 0.5) is 5.69 Å². The predicted octanol–water partition coefficient (Wildman–Crippen LogP) is 1.49. The topological polar surface area (TPSA) is 72.2 Å². The van der Waals surface area contributed by atoms with Crippen LogP contribution in [0.25, 0.3) is 0 Å². The summed E-state index contributed by atoms with van der Waals surface area (Å²) in [4.78, 5) is 10.1. The molecule has 0 fully saturated rings. The Labute approximate surface area is 109 Å². The summed E-state index contributed by atoms with van der Waals surface area (Å²) in [6.45, 7) is 3.43. The lowest BCUT2D eigenvalue weighted by Crippen LogP contribution is -2.29. The lowest BCUT2D eigenvalue weighted by atomic mass is 10.1. The molecule has 5 nitrogen and oxygen atoms in total. The SMILES string of the molecule is CC(CNCCc1ccc([N+](=O)[O-])cc1)S(C)=O. The van der Waals surface area contributed by atoms with Gasteiger partial charge in [-0.2, -0.15) is 0 Å². The van der Waals surface area contributed by atoms with E-state index in [4.69, 9.17) is 0 Å². The zero-order chi connectivity index (χ0) is 13.5. The number of benzene rings is 1. The second-order valence-electron chi connectivity index (χ2n) is 4.19. The van der Waals surface area contributed by atoms with E-state index < -0.39 is 15.7 Å². The molecule has 1 N–H and O–H groups in total. The van der Waals surface area contributed by atoms with E-state index in [0.717, 1.165) is 25.1 Å². The molecule has 0 bridgehead atoms. The number of nitrogens with one attached hydrogen (secondary N) is 1. The molecular formula is C12H18N2O3S. The minimum atomic E-state index is -0.804. The summed E-state index contributed by atoms with van der Waals surface area (Å²) in [5.41, 5.74) is 1.17. The molecule has 100 valence electrons. The maximum atomic E-state index is 11.1. The van der Waals surface area contributed by atoms with Crippen LogP contribution in [0.5, 0.6) is 0 Å². The molecule has 1 aromatic carbocycles. The molecule has 0 saturated heterocycles. The first-order chi connectivity index (χ1) is 8.50. The highest BCUT2D eigenvalue weighted by molar-refractivity contribution is 7.84. The van der Waals surface area contributed by atoms with E-state index in [9.17, 15) is 14.3 Å². The van der Waals surface area contributed by atoms with Gasteiger partial charge in [0, 0.05) is 41.0 Å². The van der Waals surface area contributed by atoms with Crippen molar-refractivity contribution in [2.45, 2.75) is 18.6 Å². The van der Waals surface area contributed by atoms with Gasteiger partial charge in [0.2, 0.25) is 0 Å². The van der Waals surface area contributed by atoms with E-state index in [1.54, 1.807) is 18.4 Å². The summed E-state index contributed by atoms with van der Waals surface area (Å²) in [6, 6.07) is 6.56. The zero-order valence-corrected chi connectivity index (χ0v) is 11.4. The molecule has 0 saturated carbocycles. The van der Waals surface area contributed by atoms with E-state index in [2.05, 4.69) is 5.32 Å². The molecule has 0 amide bonds. The van der Waals surface area contributed by atoms with Gasteiger partial charge in [0.05, 0.1) is 4.92 Å². The van der Waals surface area contributed by atoms with Crippen molar-refractivity contribution in [1.29, 1.82) is 0 Å². The highest BCUT2D eigenvalue weighted by atomic mass is 32.2. The average Bonchev–Trinajstić information content (AvgIpc) is 2.34. The molecule has 1 rings (SSSR count). The van der Waals surface area contributed by atoms with Crippen molar-refractivity contribution >= 4 is 16.5 Å². The third-order valence-electron chi connectivity index (χ3n) is 2.74. The van der Waals surface area contributed by atoms with Gasteiger partial charge >= 0.3 is 0 Å². The van der Waals surface area contributed by atoms with Crippen LogP contribution in [0, 0.1) is 10.1 Å². The van der Waals surface area contributed by atoms with Crippen LogP contribution in [-0.4, -0.2) is 33.7 Å². The summed E-state index contributed by atoms with van der Waals surface area (Å²) in [7, 11) is -0.804. The summed E-state index contributed by atoms with van der Waals surface area (Å²) in [6.07, 6.45) is 2.50. The molecular weight excluding hydrogens is 252 g/mol. The Morgan fingerprint density at radius 3 is 2.50 bits per heavy atom. The molecule has 0 aliphatic heterocycles. The molecule has 18 heavy (non-hydrogen) atoms. The Bertz CT molecular complexity index is 420. The van der Waals surface area contributed by atoms with Crippen molar-refractivity contribution in [1.82, 2.24) is 5.32 Å². The van der Waals surface area contributed by atoms with Gasteiger partial charge in [-0.3, -0.25) is 14.3 Å². The molecule has 1 aromatic rings. The lowest BCUT2D eigenvalue weighted by molar-refractivity contribution is -0.384. The monoisotopic (exact) mass is 270 g/mol. The van der Waals surface area contributed by atoms with Gasteiger partial charge in [0.25, 0.3) is 5.69 Å². The number of rotatable bonds is 7. The van der Waals surface area contributed by atoms with Crippen LogP contribution in [0.15, 0.2) is 24.3 Å². The summed E-state index contributed by atoms with van der Waals surface area (Å²) in [5, 5.41) is 13.8. The molecule has 0 aliphatic carbocycles. The van der Waals surface area contributed by atoms with Gasteiger partial charge in [0.15, 0.2) is 0 Å². The van der Waals surface area contributed by atoms with Crippen molar-refractivity contribution in [2.24, 2.45) is 0 Å². The van der Waals surface area contributed by atoms with Crippen molar-refractivity contribution in [3.8, 4) is 0 Å². The van der Waals surface area contributed by atoms with Crippen molar-refractivity contribution in [2.75, 3.05) is 19.3 Å². The fourth-order valence-corrected chi connectivity index (χ4v) is 1.79. The molecule has 0 spiro atoms. The maximum absolute atomic E-state index is 11.1. The van der Waals surface area contributed by atoms with Crippen molar-refractivity contribution < 1.29 is 9.13 Å². The number of nitro groups is 1. The van der Waals surface area contributed by atoms with Gasteiger partial charge in [0.1, 0.15) is 0 Å². The van der Waals surface area contributed by atoms with Gasteiger partial charge in [-0.05, 0) is 25.5 Å². The van der Waals surface area contributed by atoms with Crippen LogP contribution in [-0.2, 0) is 17.2 Å². The van der Waals surface area contributed by atoms with Gasteiger partial charge in [-0.1, -0.05) is 12.1 Å². The minimum absolute atomic E-state index is 0.113. The predicted molar refractivity (Wildman–Crippen MR) is 73.2 cm³/mol. The first-order valence-electron chi connectivity index (χ1n) is 5.77. The first kappa shape index (κ1) is 14.8. The van der Waals surface area contributed by atoms with E-state index >= 15 is 0 Å². The number of nitrogens with zero attached hydrogens (tertiary/aromatic N) is 1. The Balaban J connectivity index is 2.31. The Morgan fingerprint density at radius 1 is 1.39 bits per heavy atom. The van der Waals surface area contributed by atoms with E-state index in [-0.39, 0.29) is 10.9 Å². The zero-order valence-electron chi connectivity index (χ0n) is 10.6. The highest BCUT2D eigenvalue weighted by Gasteiger charge is 2.05. The molecule has 0 aromatic heterocycles. The number of non-ortho nitro benzene ring substituents is 1. The fourth-order valence-electron chi connectivity index (χ4n) is 1.44. The molecule has 0 aliphatic rings. The summed E-state index contributed by atoms with van der Waals surface area (Å²) < 4.78 is 11.1. The second-order valence-corrected chi connectivity index (χ2v) is 5.99. The van der Waals surface area contributed by atoms with Crippen molar-refractivity contribution in [3.63, 3.8) is 0 Å². The normalized spacial score (nSPS) is 14.1. The average molecular weight is 270 g/mol. The van der Waals surface area contributed by atoms with E-state index in [0.29, 0.717) is 0 Å². The van der Waals surface area contributed by atoms with Crippen LogP contribution in [0.2, 0.25) is 0 Å². The van der Waals surface area contributed by atoms with Crippen LogP contribution in [0.1, 0.15) is 12.5 Å². The van der Waals surface area contributed by atoms with Crippen LogP contribution in [0.3, 0.4) is 0 Å². The standard InChI is InChI=1S/C12H18N2O3S/c1-10(18(2)17)9-13-8-7-11-3-5-12(6-4-11)14(15)16/h3-6,10,13H,7-9H2,1-2H3. The van der Waals surface area contributed by atoms with E-state index in [1.807, 2.05) is 6.92 Å². The largest absolute Gasteiger partial charge is 0.315 e. The first-order valence-corrected chi connectivity index (χ1v) is 7.39. The smallest absolute Gasteiger partial charge is 0.269 e. The van der Waals surface area contributed by atoms with Crippen LogP contribution >= 0.6 is 0 Å². The molecule has 6 heteroatoms. The van der Waals surface area contributed by atoms with E-state index in [1.165, 1.54) is 12.1 Å². The maximum Gasteiger partial charge on any atom is 0.269 e. The van der Waals surface area contributed by atoms with Crippen LogP contribution < -0.4 is 5.32 Å². The number of hydrogen-bond acceptors (Lipinski definition) is 4. The van der Waals surface area contributed by atoms with Crippen molar-refractivity contribution in [3.05, 3.63) is 39.9 Å². The molecule has 2 atom stereocenters. The summed E-state index contributed by atoms with van der Waals surface area (Å²) >= 11 is 0. The Morgan fingerprint density at radius 2 is 2.00 bits per heavy atom. The highest BCUT2D eigenvalue weighted by Crippen LogP contribution is 2.11. The third kappa shape index (κ3) is 4.93. The molecule has 2 unspecified atom stereocenters. The second kappa shape index (κ2) is 7.23. The van der Waals surface area contributed by atoms with Gasteiger partial charge < -0.3 is 5.32 Å². The fraction of sp³-hybridized carbons (Fsp3) is 0.500. The number of nitro benzene ring substituents is 1. The molecule has 0 radical (unpaired) electrons. The van der Waals surface area contributed by atoms with Gasteiger partial charge in [-0.15, -0.1) is 0 Å². The Kier molecular flexibility index (Phi) is 5.94. The minimum Gasteiger partial charge on any atom is -0.315 e.